The summed E-state index contributed by atoms with van der Waals surface area (Å²) in [6.45, 7) is 2.02. The largest absolute Gasteiger partial charge is 0.481 e. The van der Waals surface area contributed by atoms with Gasteiger partial charge in [-0.3, -0.25) is 9.00 Å². The van der Waals surface area contributed by atoms with Crippen molar-refractivity contribution in [2.45, 2.75) is 19.1 Å². The van der Waals surface area contributed by atoms with Gasteiger partial charge < -0.3 is 9.84 Å². The molecule has 0 saturated heterocycles. The fourth-order valence-electron chi connectivity index (χ4n) is 1.46. The van der Waals surface area contributed by atoms with Crippen LogP contribution in [0.15, 0.2) is 24.3 Å². The maximum absolute atomic E-state index is 11.7. The number of esters is 1. The summed E-state index contributed by atoms with van der Waals surface area (Å²) in [6, 6.07) is 6.69. The van der Waals surface area contributed by atoms with Crippen LogP contribution in [0.4, 0.5) is 0 Å². The molecular formula is C13H16O5S. The molecule has 1 N–H and O–H groups in total. The lowest BCUT2D eigenvalue weighted by atomic mass is 10.1. The van der Waals surface area contributed by atoms with E-state index in [1.54, 1.807) is 31.2 Å². The van der Waals surface area contributed by atoms with Gasteiger partial charge in [0, 0.05) is 22.3 Å². The molecule has 0 aromatic heterocycles. The Labute approximate surface area is 114 Å². The Kier molecular flexibility index (Phi) is 6.21. The van der Waals surface area contributed by atoms with E-state index in [0.29, 0.717) is 12.2 Å². The van der Waals surface area contributed by atoms with Gasteiger partial charge in [0.1, 0.15) is 0 Å². The van der Waals surface area contributed by atoms with E-state index in [0.717, 1.165) is 5.56 Å². The van der Waals surface area contributed by atoms with Crippen molar-refractivity contribution in [2.24, 2.45) is 0 Å². The molecule has 5 nitrogen and oxygen atoms in total. The molecule has 1 aromatic carbocycles. The number of hydrogen-bond acceptors (Lipinski definition) is 4. The smallest absolute Gasteiger partial charge is 0.338 e. The SMILES string of the molecule is CCOC(=O)c1cccc(CS(=O)CCC(=O)O)c1. The van der Waals surface area contributed by atoms with Crippen LogP contribution >= 0.6 is 0 Å². The summed E-state index contributed by atoms with van der Waals surface area (Å²) in [4.78, 5) is 21.9. The van der Waals surface area contributed by atoms with Gasteiger partial charge in [0.2, 0.25) is 0 Å². The van der Waals surface area contributed by atoms with Gasteiger partial charge in [0.05, 0.1) is 18.6 Å². The Bertz CT molecular complexity index is 484. The van der Waals surface area contributed by atoms with Gasteiger partial charge in [0.15, 0.2) is 0 Å². The summed E-state index contributed by atoms with van der Waals surface area (Å²) in [5, 5.41) is 8.51. The van der Waals surface area contributed by atoms with E-state index in [2.05, 4.69) is 0 Å². The molecule has 0 amide bonds. The second-order valence-electron chi connectivity index (χ2n) is 3.85. The highest BCUT2D eigenvalue weighted by Crippen LogP contribution is 2.09. The highest BCUT2D eigenvalue weighted by atomic mass is 32.2. The predicted molar refractivity (Wildman–Crippen MR) is 71.4 cm³/mol. The molecule has 0 fully saturated rings. The molecule has 6 heteroatoms. The maximum Gasteiger partial charge on any atom is 0.338 e. The molecule has 1 atom stereocenters. The predicted octanol–water partition coefficient (Wildman–Crippen LogP) is 1.59. The van der Waals surface area contributed by atoms with Crippen molar-refractivity contribution >= 4 is 22.7 Å². The first-order valence-corrected chi connectivity index (χ1v) is 7.34. The molecule has 0 spiro atoms. The molecule has 0 aliphatic rings. The van der Waals surface area contributed by atoms with Crippen molar-refractivity contribution in [3.8, 4) is 0 Å². The summed E-state index contributed by atoms with van der Waals surface area (Å²) in [6.07, 6.45) is -0.121. The number of hydrogen-bond donors (Lipinski definition) is 1. The van der Waals surface area contributed by atoms with Crippen molar-refractivity contribution in [3.05, 3.63) is 35.4 Å². The molecule has 0 aliphatic heterocycles. The minimum absolute atomic E-state index is 0.110. The lowest BCUT2D eigenvalue weighted by Crippen LogP contribution is -2.08. The molecule has 1 aromatic rings. The van der Waals surface area contributed by atoms with Gasteiger partial charge in [-0.05, 0) is 24.6 Å². The second kappa shape index (κ2) is 7.68. The Hall–Kier alpha value is -1.69. The average Bonchev–Trinajstić information content (AvgIpc) is 2.37. The van der Waals surface area contributed by atoms with E-state index in [9.17, 15) is 13.8 Å². The van der Waals surface area contributed by atoms with Crippen LogP contribution in [-0.2, 0) is 26.1 Å². The number of rotatable bonds is 7. The third-order valence-electron chi connectivity index (χ3n) is 2.31. The standard InChI is InChI=1S/C13H16O5S/c1-2-18-13(16)11-5-3-4-10(8-11)9-19(17)7-6-12(14)15/h3-5,8H,2,6-7,9H2,1H3,(H,14,15). The van der Waals surface area contributed by atoms with Crippen molar-refractivity contribution < 1.29 is 23.6 Å². The molecule has 0 aliphatic carbocycles. The summed E-state index contributed by atoms with van der Waals surface area (Å²) in [7, 11) is -1.25. The van der Waals surface area contributed by atoms with Gasteiger partial charge in [-0.15, -0.1) is 0 Å². The number of carboxylic acids is 1. The van der Waals surface area contributed by atoms with Crippen LogP contribution in [0.3, 0.4) is 0 Å². The van der Waals surface area contributed by atoms with E-state index < -0.39 is 22.7 Å². The van der Waals surface area contributed by atoms with Crippen LogP contribution in [0.1, 0.15) is 29.3 Å². The van der Waals surface area contributed by atoms with E-state index in [-0.39, 0.29) is 17.9 Å². The number of carbonyl (C=O) groups is 2. The summed E-state index contributed by atoms with van der Waals surface area (Å²) >= 11 is 0. The van der Waals surface area contributed by atoms with Crippen LogP contribution < -0.4 is 0 Å². The van der Waals surface area contributed by atoms with Gasteiger partial charge in [-0.2, -0.15) is 0 Å². The zero-order valence-corrected chi connectivity index (χ0v) is 11.4. The quantitative estimate of drug-likeness (QED) is 0.769. The van der Waals surface area contributed by atoms with Gasteiger partial charge in [-0.25, -0.2) is 4.79 Å². The topological polar surface area (TPSA) is 80.7 Å². The summed E-state index contributed by atoms with van der Waals surface area (Å²) in [5.41, 5.74) is 1.14. The maximum atomic E-state index is 11.7. The fourth-order valence-corrected chi connectivity index (χ4v) is 2.56. The number of carboxylic acid groups (broad SMARTS) is 1. The molecular weight excluding hydrogens is 268 g/mol. The second-order valence-corrected chi connectivity index (χ2v) is 5.43. The van der Waals surface area contributed by atoms with Crippen molar-refractivity contribution in [1.82, 2.24) is 0 Å². The number of aliphatic carboxylic acids is 1. The van der Waals surface area contributed by atoms with Crippen LogP contribution in [0.25, 0.3) is 0 Å². The highest BCUT2D eigenvalue weighted by molar-refractivity contribution is 7.84. The molecule has 0 radical (unpaired) electrons. The fraction of sp³-hybridized carbons (Fsp3) is 0.385. The Morgan fingerprint density at radius 1 is 1.37 bits per heavy atom. The summed E-state index contributed by atoms with van der Waals surface area (Å²) < 4.78 is 16.5. The van der Waals surface area contributed by atoms with Crippen LogP contribution in [0.2, 0.25) is 0 Å². The normalized spacial score (nSPS) is 11.8. The lowest BCUT2D eigenvalue weighted by Gasteiger charge is -2.05. The Balaban J connectivity index is 2.64. The third-order valence-corrected chi connectivity index (χ3v) is 3.62. The van der Waals surface area contributed by atoms with Crippen molar-refractivity contribution in [3.63, 3.8) is 0 Å². The van der Waals surface area contributed by atoms with Crippen molar-refractivity contribution in [2.75, 3.05) is 12.4 Å². The van der Waals surface area contributed by atoms with E-state index in [1.807, 2.05) is 0 Å². The lowest BCUT2D eigenvalue weighted by molar-refractivity contribution is -0.136. The molecule has 19 heavy (non-hydrogen) atoms. The third kappa shape index (κ3) is 5.65. The molecule has 1 unspecified atom stereocenters. The molecule has 0 saturated carbocycles. The Morgan fingerprint density at radius 2 is 2.11 bits per heavy atom. The average molecular weight is 284 g/mol. The molecule has 104 valence electrons. The molecule has 0 bridgehead atoms. The molecule has 1 rings (SSSR count). The number of ether oxygens (including phenoxy) is 1. The van der Waals surface area contributed by atoms with Gasteiger partial charge >= 0.3 is 11.9 Å². The Morgan fingerprint density at radius 3 is 2.74 bits per heavy atom. The zero-order valence-electron chi connectivity index (χ0n) is 10.6. The van der Waals surface area contributed by atoms with Crippen LogP contribution in [0.5, 0.6) is 0 Å². The first-order valence-electron chi connectivity index (χ1n) is 5.85. The minimum atomic E-state index is -1.25. The molecule has 0 heterocycles. The van der Waals surface area contributed by atoms with E-state index in [1.165, 1.54) is 0 Å². The van der Waals surface area contributed by atoms with Gasteiger partial charge in [-0.1, -0.05) is 12.1 Å². The monoisotopic (exact) mass is 284 g/mol. The summed E-state index contributed by atoms with van der Waals surface area (Å²) in [5.74, 6) is -1.03. The number of carbonyl (C=O) groups excluding carboxylic acids is 1. The highest BCUT2D eigenvalue weighted by Gasteiger charge is 2.09. The van der Waals surface area contributed by atoms with E-state index >= 15 is 0 Å². The first kappa shape index (κ1) is 15.4. The minimum Gasteiger partial charge on any atom is -0.481 e. The zero-order chi connectivity index (χ0) is 14.3. The van der Waals surface area contributed by atoms with Gasteiger partial charge in [0.25, 0.3) is 0 Å². The van der Waals surface area contributed by atoms with Crippen LogP contribution in [-0.4, -0.2) is 33.6 Å². The van der Waals surface area contributed by atoms with E-state index in [4.69, 9.17) is 9.84 Å². The number of benzene rings is 1. The van der Waals surface area contributed by atoms with Crippen LogP contribution in [0, 0.1) is 0 Å². The first-order chi connectivity index (χ1) is 9.02. The van der Waals surface area contributed by atoms with Crippen molar-refractivity contribution in [1.29, 1.82) is 0 Å².